The van der Waals surface area contributed by atoms with Crippen LogP contribution in [0, 0.1) is 0 Å². The summed E-state index contributed by atoms with van der Waals surface area (Å²) in [4.78, 5) is 23.1. The number of benzene rings is 1. The van der Waals surface area contributed by atoms with Gasteiger partial charge in [0.25, 0.3) is 5.91 Å². The van der Waals surface area contributed by atoms with Crippen molar-refractivity contribution in [3.05, 3.63) is 54.4 Å². The summed E-state index contributed by atoms with van der Waals surface area (Å²) in [7, 11) is 0. The summed E-state index contributed by atoms with van der Waals surface area (Å²) in [6.45, 7) is -0.392. The normalized spacial score (nSPS) is 12.5. The minimum Gasteiger partial charge on any atom is -0.394 e. The number of aromatic amines is 2. The van der Waals surface area contributed by atoms with Gasteiger partial charge in [0.2, 0.25) is 0 Å². The number of carbonyl (C=O) groups is 1. The molecule has 0 aliphatic heterocycles. The average molecular weight is 350 g/mol. The standard InChI is InChI=1S/C19H18N4O3/c24-10-13(25)8-22-19(26)12-3-4-16-14(6-12)15(9-21-16)17-7-11-2-1-5-20-18(11)23-17/h1-7,9,13,21,24-25H,8,10H2,(H,20,23)(H,22,26). The Hall–Kier alpha value is -3.16. The number of aromatic nitrogens is 3. The van der Waals surface area contributed by atoms with Gasteiger partial charge in [-0.05, 0) is 36.4 Å². The van der Waals surface area contributed by atoms with Crippen LogP contribution in [0.1, 0.15) is 10.4 Å². The van der Waals surface area contributed by atoms with Crippen molar-refractivity contribution >= 4 is 27.8 Å². The molecule has 132 valence electrons. The summed E-state index contributed by atoms with van der Waals surface area (Å²) < 4.78 is 0. The van der Waals surface area contributed by atoms with Gasteiger partial charge in [-0.25, -0.2) is 4.98 Å². The molecule has 0 spiro atoms. The minimum absolute atomic E-state index is 0.00104. The number of aliphatic hydroxyl groups is 2. The maximum Gasteiger partial charge on any atom is 0.251 e. The van der Waals surface area contributed by atoms with Gasteiger partial charge in [0, 0.05) is 52.0 Å². The van der Waals surface area contributed by atoms with E-state index >= 15 is 0 Å². The molecule has 0 bridgehead atoms. The molecule has 5 N–H and O–H groups in total. The van der Waals surface area contributed by atoms with Gasteiger partial charge in [0.05, 0.1) is 12.7 Å². The van der Waals surface area contributed by atoms with E-state index in [1.54, 1.807) is 18.3 Å². The second-order valence-corrected chi connectivity index (χ2v) is 6.13. The number of pyridine rings is 1. The maximum atomic E-state index is 12.3. The summed E-state index contributed by atoms with van der Waals surface area (Å²) in [6.07, 6.45) is 2.66. The number of nitrogens with zero attached hydrogens (tertiary/aromatic N) is 1. The maximum absolute atomic E-state index is 12.3. The summed E-state index contributed by atoms with van der Waals surface area (Å²) in [5.74, 6) is -0.301. The van der Waals surface area contributed by atoms with Crippen LogP contribution in [0.15, 0.2) is 48.8 Å². The van der Waals surface area contributed by atoms with E-state index in [9.17, 15) is 9.90 Å². The highest BCUT2D eigenvalue weighted by molar-refractivity contribution is 6.03. The van der Waals surface area contributed by atoms with Gasteiger partial charge in [0.1, 0.15) is 5.65 Å². The van der Waals surface area contributed by atoms with Crippen LogP contribution in [-0.4, -0.2) is 50.3 Å². The molecule has 7 nitrogen and oxygen atoms in total. The van der Waals surface area contributed by atoms with Crippen molar-refractivity contribution in [3.63, 3.8) is 0 Å². The number of H-pyrrole nitrogens is 2. The molecule has 0 saturated carbocycles. The van der Waals surface area contributed by atoms with Crippen LogP contribution < -0.4 is 5.32 Å². The van der Waals surface area contributed by atoms with Crippen LogP contribution in [-0.2, 0) is 0 Å². The molecule has 0 aliphatic carbocycles. The largest absolute Gasteiger partial charge is 0.394 e. The first-order valence-electron chi connectivity index (χ1n) is 8.28. The van der Waals surface area contributed by atoms with Crippen molar-refractivity contribution in [2.75, 3.05) is 13.2 Å². The molecule has 1 amide bonds. The fourth-order valence-electron chi connectivity index (χ4n) is 2.96. The van der Waals surface area contributed by atoms with Gasteiger partial charge in [-0.15, -0.1) is 0 Å². The fourth-order valence-corrected chi connectivity index (χ4v) is 2.96. The van der Waals surface area contributed by atoms with Gasteiger partial charge < -0.3 is 25.5 Å². The molecular weight excluding hydrogens is 332 g/mol. The number of nitrogens with one attached hydrogen (secondary N) is 3. The van der Waals surface area contributed by atoms with Crippen LogP contribution >= 0.6 is 0 Å². The fraction of sp³-hybridized carbons (Fsp3) is 0.158. The Morgan fingerprint density at radius 1 is 1.27 bits per heavy atom. The summed E-state index contributed by atoms with van der Waals surface area (Å²) >= 11 is 0. The third kappa shape index (κ3) is 2.94. The molecule has 4 aromatic rings. The average Bonchev–Trinajstić information content (AvgIpc) is 3.28. The van der Waals surface area contributed by atoms with E-state index < -0.39 is 12.7 Å². The molecule has 1 unspecified atom stereocenters. The van der Waals surface area contributed by atoms with E-state index in [1.807, 2.05) is 30.5 Å². The lowest BCUT2D eigenvalue weighted by Gasteiger charge is -2.09. The van der Waals surface area contributed by atoms with E-state index in [2.05, 4.69) is 20.3 Å². The van der Waals surface area contributed by atoms with Crippen LogP contribution in [0.3, 0.4) is 0 Å². The summed E-state index contributed by atoms with van der Waals surface area (Å²) in [6, 6.07) is 11.3. The number of hydrogen-bond acceptors (Lipinski definition) is 4. The van der Waals surface area contributed by atoms with Crippen molar-refractivity contribution in [1.82, 2.24) is 20.3 Å². The number of fused-ring (bicyclic) bond motifs is 2. The molecule has 1 aromatic carbocycles. The van der Waals surface area contributed by atoms with E-state index in [-0.39, 0.29) is 12.5 Å². The molecular formula is C19H18N4O3. The highest BCUT2D eigenvalue weighted by Gasteiger charge is 2.13. The quantitative estimate of drug-likeness (QED) is 0.377. The second kappa shape index (κ2) is 6.62. The van der Waals surface area contributed by atoms with Crippen LogP contribution in [0.4, 0.5) is 0 Å². The molecule has 0 saturated heterocycles. The van der Waals surface area contributed by atoms with Gasteiger partial charge >= 0.3 is 0 Å². The lowest BCUT2D eigenvalue weighted by Crippen LogP contribution is -2.33. The Labute approximate surface area is 148 Å². The lowest BCUT2D eigenvalue weighted by molar-refractivity contribution is 0.0802. The molecule has 7 heteroatoms. The predicted octanol–water partition coefficient (Wildman–Crippen LogP) is 1.79. The molecule has 1 atom stereocenters. The van der Waals surface area contributed by atoms with Gasteiger partial charge in [0.15, 0.2) is 0 Å². The Bertz CT molecular complexity index is 1050. The Balaban J connectivity index is 1.69. The van der Waals surface area contributed by atoms with Gasteiger partial charge in [-0.2, -0.15) is 0 Å². The molecule has 3 heterocycles. The van der Waals surface area contributed by atoms with Crippen molar-refractivity contribution in [1.29, 1.82) is 0 Å². The number of rotatable bonds is 5. The highest BCUT2D eigenvalue weighted by atomic mass is 16.3. The molecule has 26 heavy (non-hydrogen) atoms. The molecule has 0 fully saturated rings. The molecule has 4 rings (SSSR count). The first-order valence-corrected chi connectivity index (χ1v) is 8.28. The van der Waals surface area contributed by atoms with Crippen molar-refractivity contribution in [2.24, 2.45) is 0 Å². The Morgan fingerprint density at radius 3 is 2.96 bits per heavy atom. The zero-order chi connectivity index (χ0) is 18.1. The van der Waals surface area contributed by atoms with Gasteiger partial charge in [-0.1, -0.05) is 0 Å². The summed E-state index contributed by atoms with van der Waals surface area (Å²) in [5.41, 5.74) is 4.07. The van der Waals surface area contributed by atoms with E-state index in [0.29, 0.717) is 5.56 Å². The Kier molecular flexibility index (Phi) is 4.16. The van der Waals surface area contributed by atoms with E-state index in [0.717, 1.165) is 33.2 Å². The monoisotopic (exact) mass is 350 g/mol. The third-order valence-electron chi connectivity index (χ3n) is 4.33. The number of aliphatic hydroxyl groups excluding tert-OH is 2. The summed E-state index contributed by atoms with van der Waals surface area (Å²) in [5, 5.41) is 22.8. The van der Waals surface area contributed by atoms with Crippen molar-refractivity contribution in [3.8, 4) is 11.3 Å². The zero-order valence-electron chi connectivity index (χ0n) is 13.9. The van der Waals surface area contributed by atoms with Crippen LogP contribution in [0.2, 0.25) is 0 Å². The third-order valence-corrected chi connectivity index (χ3v) is 4.33. The molecule has 0 radical (unpaired) electrons. The second-order valence-electron chi connectivity index (χ2n) is 6.13. The van der Waals surface area contributed by atoms with Crippen LogP contribution in [0.25, 0.3) is 33.2 Å². The predicted molar refractivity (Wildman–Crippen MR) is 98.8 cm³/mol. The topological polar surface area (TPSA) is 114 Å². The SMILES string of the molecule is O=C(NCC(O)CO)c1ccc2[nH]cc(-c3cc4cccnc4[nH]3)c2c1. The molecule has 3 aromatic heterocycles. The zero-order valence-corrected chi connectivity index (χ0v) is 13.9. The van der Waals surface area contributed by atoms with Crippen molar-refractivity contribution in [2.45, 2.75) is 6.10 Å². The van der Waals surface area contributed by atoms with Gasteiger partial charge in [-0.3, -0.25) is 4.79 Å². The Morgan fingerprint density at radius 2 is 2.15 bits per heavy atom. The first-order chi connectivity index (χ1) is 12.7. The number of carbonyl (C=O) groups excluding carboxylic acids is 1. The number of amides is 1. The smallest absolute Gasteiger partial charge is 0.251 e. The highest BCUT2D eigenvalue weighted by Crippen LogP contribution is 2.30. The molecule has 0 aliphatic rings. The van der Waals surface area contributed by atoms with E-state index in [4.69, 9.17) is 5.11 Å². The lowest BCUT2D eigenvalue weighted by atomic mass is 10.1. The van der Waals surface area contributed by atoms with Crippen molar-refractivity contribution < 1.29 is 15.0 Å². The van der Waals surface area contributed by atoms with E-state index in [1.165, 1.54) is 0 Å². The van der Waals surface area contributed by atoms with Crippen LogP contribution in [0.5, 0.6) is 0 Å². The first kappa shape index (κ1) is 16.3. The number of hydrogen-bond donors (Lipinski definition) is 5. The minimum atomic E-state index is -0.968.